The Kier molecular flexibility index (Phi) is 17.1. The van der Waals surface area contributed by atoms with Gasteiger partial charge in [-0.15, -0.1) is 0 Å². The SMILES string of the molecule is CC(C)(C)c1cc(COP(=O)(O)O)cc(C(C)(C)C)c1O.CC(C)(C)c1cc(COP(=O)(O)O)cc(C(C)(C)C)c1O.[CH2-]C.[Ni]. The predicted molar refractivity (Wildman–Crippen MR) is 176 cm³/mol. The number of hydrogen-bond acceptors (Lipinski definition) is 6. The van der Waals surface area contributed by atoms with Crippen LogP contribution in [0.1, 0.15) is 123 Å². The van der Waals surface area contributed by atoms with E-state index in [2.05, 4.69) is 16.0 Å². The third kappa shape index (κ3) is 15.9. The number of phenolic OH excluding ortho intramolecular Hbond substituents is 2. The zero-order chi connectivity index (χ0) is 35.3. The van der Waals surface area contributed by atoms with Crippen LogP contribution in [0.3, 0.4) is 0 Å². The zero-order valence-electron chi connectivity index (χ0n) is 29.0. The summed E-state index contributed by atoms with van der Waals surface area (Å²) in [4.78, 5) is 35.3. The van der Waals surface area contributed by atoms with Gasteiger partial charge in [0.15, 0.2) is 0 Å². The van der Waals surface area contributed by atoms with Gasteiger partial charge in [-0.2, -0.15) is 6.92 Å². The van der Waals surface area contributed by atoms with E-state index in [1.807, 2.05) is 83.1 Å². The van der Waals surface area contributed by atoms with Gasteiger partial charge in [-0.25, -0.2) is 9.13 Å². The van der Waals surface area contributed by atoms with Crippen LogP contribution in [-0.2, 0) is 69.5 Å². The van der Waals surface area contributed by atoms with Gasteiger partial charge in [-0.05, 0) is 79.3 Å². The van der Waals surface area contributed by atoms with Crippen LogP contribution < -0.4 is 0 Å². The van der Waals surface area contributed by atoms with Crippen molar-refractivity contribution in [1.82, 2.24) is 0 Å². The molecule has 2 aromatic carbocycles. The van der Waals surface area contributed by atoms with E-state index in [1.165, 1.54) is 0 Å². The summed E-state index contributed by atoms with van der Waals surface area (Å²) in [5.74, 6) is 0.463. The van der Waals surface area contributed by atoms with Crippen LogP contribution >= 0.6 is 15.6 Å². The summed E-state index contributed by atoms with van der Waals surface area (Å²) in [7, 11) is -9.03. The maximum atomic E-state index is 10.9. The van der Waals surface area contributed by atoms with Crippen molar-refractivity contribution < 1.29 is 64.5 Å². The van der Waals surface area contributed by atoms with Gasteiger partial charge in [0.1, 0.15) is 11.5 Å². The second-order valence-electron chi connectivity index (χ2n) is 14.6. The summed E-state index contributed by atoms with van der Waals surface area (Å²) in [6.07, 6.45) is 0. The van der Waals surface area contributed by atoms with Crippen molar-refractivity contribution in [3.8, 4) is 11.5 Å². The molecule has 0 aliphatic rings. The van der Waals surface area contributed by atoms with Crippen molar-refractivity contribution in [2.24, 2.45) is 0 Å². The Hall–Kier alpha value is -1.25. The zero-order valence-corrected chi connectivity index (χ0v) is 31.7. The van der Waals surface area contributed by atoms with E-state index in [4.69, 9.17) is 19.6 Å². The van der Waals surface area contributed by atoms with E-state index < -0.39 is 15.6 Å². The first kappa shape index (κ1) is 45.9. The standard InChI is InChI=1S/2C15H25O5P.C2H5.Ni/c2*1-14(2,3)11-7-10(9-20-21(17,18)19)8-12(13(11)16)15(4,5)6;1-2;/h2*7-8,16H,9H2,1-6H3,(H2,17,18,19);1H2,2H3;/q;;-1;. The minimum absolute atomic E-state index is 0. The fraction of sp³-hybridized carbons (Fsp3) is 0.594. The molecule has 0 fully saturated rings. The summed E-state index contributed by atoms with van der Waals surface area (Å²) >= 11 is 0. The molecule has 13 heteroatoms. The first-order valence-corrected chi connectivity index (χ1v) is 17.3. The largest absolute Gasteiger partial charge is 0.507 e. The predicted octanol–water partition coefficient (Wildman–Crippen LogP) is 8.03. The molecule has 0 amide bonds. The van der Waals surface area contributed by atoms with Gasteiger partial charge in [0.2, 0.25) is 0 Å². The molecule has 0 aromatic heterocycles. The van der Waals surface area contributed by atoms with Crippen LogP contribution in [0.5, 0.6) is 11.5 Å². The van der Waals surface area contributed by atoms with E-state index in [9.17, 15) is 19.3 Å². The molecule has 2 aromatic rings. The van der Waals surface area contributed by atoms with E-state index >= 15 is 0 Å². The number of aromatic hydroxyl groups is 2. The molecule has 6 N–H and O–H groups in total. The number of rotatable bonds is 6. The number of benzene rings is 2. The average molecular weight is 720 g/mol. The second-order valence-corrected chi connectivity index (χ2v) is 17.1. The summed E-state index contributed by atoms with van der Waals surface area (Å²) in [5.41, 5.74) is 3.04. The summed E-state index contributed by atoms with van der Waals surface area (Å²) in [5, 5.41) is 21.0. The molecule has 0 spiro atoms. The average Bonchev–Trinajstić information content (AvgIpc) is 2.80. The van der Waals surface area contributed by atoms with Gasteiger partial charge in [-0.3, -0.25) is 9.05 Å². The van der Waals surface area contributed by atoms with Gasteiger partial charge < -0.3 is 36.7 Å². The quantitative estimate of drug-likeness (QED) is 0.0974. The molecule has 10 nitrogen and oxygen atoms in total. The van der Waals surface area contributed by atoms with Crippen molar-refractivity contribution >= 4 is 15.6 Å². The number of phosphoric acid groups is 2. The third-order valence-corrected chi connectivity index (χ3v) is 7.30. The van der Waals surface area contributed by atoms with Crippen molar-refractivity contribution in [3.63, 3.8) is 0 Å². The fourth-order valence-corrected chi connectivity index (χ4v) is 4.79. The van der Waals surface area contributed by atoms with Crippen LogP contribution in [0.2, 0.25) is 0 Å². The normalized spacial score (nSPS) is 12.8. The van der Waals surface area contributed by atoms with Crippen LogP contribution in [0.25, 0.3) is 0 Å². The molecule has 264 valence electrons. The Morgan fingerprint density at radius 1 is 0.533 bits per heavy atom. The maximum absolute atomic E-state index is 10.9. The monoisotopic (exact) mass is 719 g/mol. The molecule has 0 saturated carbocycles. The molecular weight excluding hydrogens is 665 g/mol. The van der Waals surface area contributed by atoms with Gasteiger partial charge in [0.05, 0.1) is 13.2 Å². The molecule has 0 atom stereocenters. The van der Waals surface area contributed by atoms with E-state index in [0.29, 0.717) is 11.1 Å². The van der Waals surface area contributed by atoms with Crippen molar-refractivity contribution in [2.75, 3.05) is 0 Å². The van der Waals surface area contributed by atoms with Crippen LogP contribution in [0.4, 0.5) is 0 Å². The Labute approximate surface area is 280 Å². The molecule has 0 aliphatic heterocycles. The van der Waals surface area contributed by atoms with E-state index in [1.54, 1.807) is 31.2 Å². The molecule has 0 radical (unpaired) electrons. The van der Waals surface area contributed by atoms with Crippen LogP contribution in [0, 0.1) is 6.92 Å². The number of phosphoric ester groups is 2. The molecule has 0 bridgehead atoms. The first-order chi connectivity index (χ1) is 19.4. The Morgan fingerprint density at radius 3 is 0.844 bits per heavy atom. The Balaban J connectivity index is 0. The van der Waals surface area contributed by atoms with Crippen molar-refractivity contribution in [1.29, 1.82) is 0 Å². The number of hydrogen-bond donors (Lipinski definition) is 6. The van der Waals surface area contributed by atoms with E-state index in [-0.39, 0.29) is 62.9 Å². The second kappa shape index (κ2) is 16.7. The minimum Gasteiger partial charge on any atom is -0.507 e. The smallest absolute Gasteiger partial charge is 0.469 e. The molecule has 45 heavy (non-hydrogen) atoms. The van der Waals surface area contributed by atoms with Crippen LogP contribution in [-0.4, -0.2) is 29.8 Å². The summed E-state index contributed by atoms with van der Waals surface area (Å²) < 4.78 is 30.9. The van der Waals surface area contributed by atoms with Gasteiger partial charge in [0, 0.05) is 16.5 Å². The van der Waals surface area contributed by atoms with E-state index in [0.717, 1.165) is 22.3 Å². The molecule has 2 rings (SSSR count). The molecular formula is C32H55NiO10P2-. The summed E-state index contributed by atoms with van der Waals surface area (Å²) in [6.45, 7) is 28.3. The molecule has 0 unspecified atom stereocenters. The van der Waals surface area contributed by atoms with Crippen molar-refractivity contribution in [2.45, 2.75) is 125 Å². The Bertz CT molecular complexity index is 1160. The first-order valence-electron chi connectivity index (χ1n) is 14.3. The fourth-order valence-electron chi connectivity index (χ4n) is 4.16. The molecule has 0 saturated heterocycles. The Morgan fingerprint density at radius 2 is 0.711 bits per heavy atom. The summed E-state index contributed by atoms with van der Waals surface area (Å²) in [6, 6.07) is 6.95. The number of phenols is 2. The maximum Gasteiger partial charge on any atom is 0.469 e. The molecule has 0 heterocycles. The minimum atomic E-state index is -4.52. The van der Waals surface area contributed by atoms with Gasteiger partial charge >= 0.3 is 15.6 Å². The topological polar surface area (TPSA) is 174 Å². The van der Waals surface area contributed by atoms with Gasteiger partial charge in [-0.1, -0.05) is 83.1 Å². The third-order valence-electron chi connectivity index (χ3n) is 6.37. The van der Waals surface area contributed by atoms with Crippen LogP contribution in [0.15, 0.2) is 24.3 Å². The molecule has 0 aliphatic carbocycles. The van der Waals surface area contributed by atoms with Crippen molar-refractivity contribution in [3.05, 3.63) is 64.6 Å². The van der Waals surface area contributed by atoms with Gasteiger partial charge in [0.25, 0.3) is 0 Å².